The topological polar surface area (TPSA) is 102 Å². The van der Waals surface area contributed by atoms with E-state index in [9.17, 15) is 9.59 Å². The molecule has 0 atom stereocenters. The van der Waals surface area contributed by atoms with Crippen molar-refractivity contribution < 1.29 is 14.0 Å². The van der Waals surface area contributed by atoms with E-state index in [-0.39, 0.29) is 17.6 Å². The second-order valence-electron chi connectivity index (χ2n) is 6.44. The Morgan fingerprint density at radius 1 is 1.11 bits per heavy atom. The maximum atomic E-state index is 12.1. The average molecular weight is 397 g/mol. The van der Waals surface area contributed by atoms with Crippen molar-refractivity contribution >= 4 is 23.6 Å². The highest BCUT2D eigenvalue weighted by molar-refractivity contribution is 7.99. The van der Waals surface area contributed by atoms with Crippen molar-refractivity contribution in [1.29, 1.82) is 0 Å². The third-order valence-electron chi connectivity index (χ3n) is 4.27. The standard InChI is InChI=1S/C19H19N5O3S/c25-16(20-22-18(26)14-5-2-1-3-6-14)12-28-19-23-21-17(13-8-9-13)24(19)11-15-7-4-10-27-15/h1-7,10,13H,8-9,11-12H2,(H,20,25)(H,22,26). The monoisotopic (exact) mass is 397 g/mol. The third-order valence-corrected chi connectivity index (χ3v) is 5.23. The van der Waals surface area contributed by atoms with Crippen LogP contribution in [-0.4, -0.2) is 32.3 Å². The van der Waals surface area contributed by atoms with Crippen LogP contribution in [0.2, 0.25) is 0 Å². The molecule has 3 aromatic rings. The minimum atomic E-state index is -0.365. The van der Waals surface area contributed by atoms with Gasteiger partial charge in [0.1, 0.15) is 11.6 Å². The van der Waals surface area contributed by atoms with Crippen LogP contribution in [0, 0.1) is 0 Å². The van der Waals surface area contributed by atoms with Gasteiger partial charge in [-0.25, -0.2) is 0 Å². The van der Waals surface area contributed by atoms with Gasteiger partial charge in [0, 0.05) is 11.5 Å². The second-order valence-corrected chi connectivity index (χ2v) is 7.38. The number of hydrogen-bond donors (Lipinski definition) is 2. The predicted octanol–water partition coefficient (Wildman–Crippen LogP) is 2.35. The molecule has 0 bridgehead atoms. The fraction of sp³-hybridized carbons (Fsp3) is 0.263. The van der Waals surface area contributed by atoms with Gasteiger partial charge in [-0.3, -0.25) is 25.0 Å². The lowest BCUT2D eigenvalue weighted by molar-refractivity contribution is -0.119. The van der Waals surface area contributed by atoms with E-state index >= 15 is 0 Å². The van der Waals surface area contributed by atoms with Crippen molar-refractivity contribution in [2.75, 3.05) is 5.75 Å². The van der Waals surface area contributed by atoms with E-state index in [0.717, 1.165) is 24.4 Å². The van der Waals surface area contributed by atoms with E-state index in [4.69, 9.17) is 4.42 Å². The zero-order chi connectivity index (χ0) is 19.3. The van der Waals surface area contributed by atoms with E-state index in [0.29, 0.717) is 23.2 Å². The van der Waals surface area contributed by atoms with Crippen LogP contribution in [0.15, 0.2) is 58.3 Å². The number of aromatic nitrogens is 3. The van der Waals surface area contributed by atoms with Crippen LogP contribution in [0.3, 0.4) is 0 Å². The van der Waals surface area contributed by atoms with Crippen LogP contribution in [0.1, 0.15) is 40.7 Å². The maximum absolute atomic E-state index is 12.1. The van der Waals surface area contributed by atoms with Crippen LogP contribution < -0.4 is 10.9 Å². The van der Waals surface area contributed by atoms with Crippen LogP contribution in [0.5, 0.6) is 0 Å². The number of hydrogen-bond acceptors (Lipinski definition) is 6. The number of furan rings is 1. The molecule has 144 valence electrons. The van der Waals surface area contributed by atoms with Gasteiger partial charge in [-0.2, -0.15) is 0 Å². The number of rotatable bonds is 7. The molecule has 9 heteroatoms. The van der Waals surface area contributed by atoms with E-state index in [1.807, 2.05) is 22.8 Å². The Hall–Kier alpha value is -3.07. The average Bonchev–Trinajstić information content (AvgIpc) is 3.29. The largest absolute Gasteiger partial charge is 0.467 e. The molecule has 0 unspecified atom stereocenters. The summed E-state index contributed by atoms with van der Waals surface area (Å²) in [5, 5.41) is 9.19. The van der Waals surface area contributed by atoms with Crippen LogP contribution in [-0.2, 0) is 11.3 Å². The normalized spacial score (nSPS) is 13.3. The van der Waals surface area contributed by atoms with Gasteiger partial charge < -0.3 is 4.42 Å². The number of carbonyl (C=O) groups excluding carboxylic acids is 2. The summed E-state index contributed by atoms with van der Waals surface area (Å²) in [4.78, 5) is 24.1. The van der Waals surface area contributed by atoms with Crippen LogP contribution in [0.25, 0.3) is 0 Å². The zero-order valence-electron chi connectivity index (χ0n) is 15.0. The first-order valence-electron chi connectivity index (χ1n) is 8.93. The number of hydrazine groups is 1. The fourth-order valence-electron chi connectivity index (χ4n) is 2.71. The van der Waals surface area contributed by atoms with Crippen LogP contribution >= 0.6 is 11.8 Å². The highest BCUT2D eigenvalue weighted by Gasteiger charge is 2.30. The summed E-state index contributed by atoms with van der Waals surface area (Å²) < 4.78 is 7.43. The smallest absolute Gasteiger partial charge is 0.269 e. The number of nitrogens with zero attached hydrogens (tertiary/aromatic N) is 3. The number of nitrogens with one attached hydrogen (secondary N) is 2. The maximum Gasteiger partial charge on any atom is 0.269 e. The summed E-state index contributed by atoms with van der Waals surface area (Å²) in [6.07, 6.45) is 3.84. The van der Waals surface area contributed by atoms with Crippen molar-refractivity contribution in [3.8, 4) is 0 Å². The highest BCUT2D eigenvalue weighted by atomic mass is 32.2. The summed E-state index contributed by atoms with van der Waals surface area (Å²) in [5.74, 6) is 1.58. The molecular formula is C19H19N5O3S. The number of amides is 2. The molecule has 1 aliphatic rings. The molecular weight excluding hydrogens is 378 g/mol. The SMILES string of the molecule is O=C(CSc1nnc(C2CC2)n1Cc1ccco1)NNC(=O)c1ccccc1. The van der Waals surface area contributed by atoms with Gasteiger partial charge in [0.05, 0.1) is 18.6 Å². The van der Waals surface area contributed by atoms with Gasteiger partial charge in [0.2, 0.25) is 5.91 Å². The Labute approximate surface area is 165 Å². The molecule has 8 nitrogen and oxygen atoms in total. The highest BCUT2D eigenvalue weighted by Crippen LogP contribution is 2.40. The van der Waals surface area contributed by atoms with Crippen molar-refractivity contribution in [2.45, 2.75) is 30.5 Å². The molecule has 28 heavy (non-hydrogen) atoms. The lowest BCUT2D eigenvalue weighted by atomic mass is 10.2. The molecule has 0 saturated heterocycles. The number of carbonyl (C=O) groups is 2. The predicted molar refractivity (Wildman–Crippen MR) is 103 cm³/mol. The van der Waals surface area contributed by atoms with Crippen molar-refractivity contribution in [3.63, 3.8) is 0 Å². The summed E-state index contributed by atoms with van der Waals surface area (Å²) in [5.41, 5.74) is 5.31. The van der Waals surface area contributed by atoms with E-state index in [1.54, 1.807) is 30.5 Å². The Balaban J connectivity index is 1.34. The molecule has 2 aromatic heterocycles. The summed E-state index contributed by atoms with van der Waals surface area (Å²) in [7, 11) is 0. The molecule has 0 spiro atoms. The van der Waals surface area contributed by atoms with Gasteiger partial charge in [0.25, 0.3) is 5.91 Å². The molecule has 4 rings (SSSR count). The van der Waals surface area contributed by atoms with Gasteiger partial charge in [0.15, 0.2) is 5.16 Å². The molecule has 1 aromatic carbocycles. The molecule has 2 N–H and O–H groups in total. The first kappa shape index (κ1) is 18.3. The van der Waals surface area contributed by atoms with Crippen molar-refractivity contribution in [1.82, 2.24) is 25.6 Å². The molecule has 1 aliphatic carbocycles. The lowest BCUT2D eigenvalue weighted by Gasteiger charge is -2.09. The summed E-state index contributed by atoms with van der Waals surface area (Å²) in [6, 6.07) is 12.4. The molecule has 1 saturated carbocycles. The van der Waals surface area contributed by atoms with Crippen molar-refractivity contribution in [3.05, 3.63) is 65.9 Å². The zero-order valence-corrected chi connectivity index (χ0v) is 15.8. The van der Waals surface area contributed by atoms with Gasteiger partial charge >= 0.3 is 0 Å². The Morgan fingerprint density at radius 2 is 1.93 bits per heavy atom. The first-order valence-corrected chi connectivity index (χ1v) is 9.92. The lowest BCUT2D eigenvalue weighted by Crippen LogP contribution is -2.42. The van der Waals surface area contributed by atoms with E-state index in [2.05, 4.69) is 21.0 Å². The summed E-state index contributed by atoms with van der Waals surface area (Å²) >= 11 is 1.27. The summed E-state index contributed by atoms with van der Waals surface area (Å²) in [6.45, 7) is 0.528. The Morgan fingerprint density at radius 3 is 2.64 bits per heavy atom. The molecule has 2 amide bonds. The minimum Gasteiger partial charge on any atom is -0.467 e. The second kappa shape index (κ2) is 8.30. The van der Waals surface area contributed by atoms with E-state index in [1.165, 1.54) is 11.8 Å². The van der Waals surface area contributed by atoms with Gasteiger partial charge in [-0.05, 0) is 37.1 Å². The van der Waals surface area contributed by atoms with Gasteiger partial charge in [-0.1, -0.05) is 30.0 Å². The molecule has 0 radical (unpaired) electrons. The fourth-order valence-corrected chi connectivity index (χ4v) is 3.46. The van der Waals surface area contributed by atoms with E-state index < -0.39 is 0 Å². The van der Waals surface area contributed by atoms with Crippen molar-refractivity contribution in [2.24, 2.45) is 0 Å². The Kier molecular flexibility index (Phi) is 5.43. The quantitative estimate of drug-likeness (QED) is 0.469. The first-order chi connectivity index (χ1) is 13.7. The number of thioether (sulfide) groups is 1. The Bertz CT molecular complexity index is 951. The number of benzene rings is 1. The third kappa shape index (κ3) is 4.42. The van der Waals surface area contributed by atoms with Gasteiger partial charge in [-0.15, -0.1) is 10.2 Å². The molecule has 1 fully saturated rings. The minimum absolute atomic E-state index is 0.107. The molecule has 0 aliphatic heterocycles. The molecule has 2 heterocycles. The van der Waals surface area contributed by atoms with Crippen LogP contribution in [0.4, 0.5) is 0 Å².